The van der Waals surface area contributed by atoms with Crippen LogP contribution in [-0.2, 0) is 29.2 Å². The fourth-order valence-corrected chi connectivity index (χ4v) is 4.06. The number of likely N-dealkylation sites (tertiary alicyclic amines) is 1. The largest absolute Gasteiger partial charge is 0.383 e. The molecule has 31 heavy (non-hydrogen) atoms. The number of nitrogens with zero attached hydrogens (tertiary/aromatic N) is 4. The highest BCUT2D eigenvalue weighted by atomic mass is 19.1. The predicted octanol–water partition coefficient (Wildman–Crippen LogP) is 1.60. The van der Waals surface area contributed by atoms with Gasteiger partial charge in [-0.2, -0.15) is 0 Å². The number of urea groups is 1. The molecule has 0 unspecified atom stereocenters. The lowest BCUT2D eigenvalue weighted by Gasteiger charge is -2.32. The number of piperidine rings is 1. The maximum Gasteiger partial charge on any atom is 0.315 e. The van der Waals surface area contributed by atoms with E-state index in [1.165, 1.54) is 6.07 Å². The number of nitrogens with one attached hydrogen (secondary N) is 2. The average molecular weight is 433 g/mol. The molecule has 3 heterocycles. The van der Waals surface area contributed by atoms with Crippen molar-refractivity contribution in [1.82, 2.24) is 30.5 Å². The first-order valence-corrected chi connectivity index (χ1v) is 10.7. The molecule has 2 amide bonds. The summed E-state index contributed by atoms with van der Waals surface area (Å²) in [6.07, 6.45) is 1.40. The molecule has 2 aliphatic rings. The van der Waals surface area contributed by atoms with E-state index in [1.807, 2.05) is 10.7 Å². The normalized spacial score (nSPS) is 19.7. The van der Waals surface area contributed by atoms with E-state index in [1.54, 1.807) is 19.2 Å². The van der Waals surface area contributed by atoms with Gasteiger partial charge >= 0.3 is 6.03 Å². The SMILES string of the molecule is COCCNC(=O)NC1CCN(Cc2nnn3c2CO[C@H](c2ccccc2F)C3)CC1. The predicted molar refractivity (Wildman–Crippen MR) is 111 cm³/mol. The van der Waals surface area contributed by atoms with Crippen LogP contribution in [0, 0.1) is 5.82 Å². The van der Waals surface area contributed by atoms with Crippen LogP contribution in [0.15, 0.2) is 24.3 Å². The van der Waals surface area contributed by atoms with E-state index < -0.39 is 0 Å². The molecular formula is C21H29FN6O3. The summed E-state index contributed by atoms with van der Waals surface area (Å²) >= 11 is 0. The van der Waals surface area contributed by atoms with Crippen molar-refractivity contribution in [3.8, 4) is 0 Å². The summed E-state index contributed by atoms with van der Waals surface area (Å²) < 4.78 is 26.8. The Labute approximate surface area is 180 Å². The van der Waals surface area contributed by atoms with E-state index in [2.05, 4.69) is 25.8 Å². The van der Waals surface area contributed by atoms with Gasteiger partial charge in [-0.05, 0) is 18.9 Å². The zero-order valence-electron chi connectivity index (χ0n) is 17.7. The molecule has 0 spiro atoms. The molecule has 0 aliphatic carbocycles. The first kappa shape index (κ1) is 21.7. The molecule has 1 aromatic heterocycles. The Morgan fingerprint density at radius 2 is 2.13 bits per heavy atom. The molecule has 0 saturated carbocycles. The summed E-state index contributed by atoms with van der Waals surface area (Å²) in [5.74, 6) is -0.264. The number of hydrogen-bond donors (Lipinski definition) is 2. The molecule has 2 aromatic rings. The zero-order chi connectivity index (χ0) is 21.6. The summed E-state index contributed by atoms with van der Waals surface area (Å²) in [4.78, 5) is 14.2. The molecule has 168 valence electrons. The molecule has 2 N–H and O–H groups in total. The highest BCUT2D eigenvalue weighted by molar-refractivity contribution is 5.74. The van der Waals surface area contributed by atoms with Crippen LogP contribution in [0.25, 0.3) is 0 Å². The van der Waals surface area contributed by atoms with Gasteiger partial charge in [-0.15, -0.1) is 5.10 Å². The number of fused-ring (bicyclic) bond motifs is 1. The van der Waals surface area contributed by atoms with E-state index >= 15 is 0 Å². The standard InChI is InChI=1S/C21H29FN6O3/c1-30-11-8-23-21(29)24-15-6-9-27(10-7-15)12-18-19-14-31-20(13-28(19)26-25-18)16-4-2-3-5-17(16)22/h2-5,15,20H,6-14H2,1H3,(H2,23,24,29)/t20-/m0/s1. The summed E-state index contributed by atoms with van der Waals surface area (Å²) in [7, 11) is 1.61. The third kappa shape index (κ3) is 5.38. The summed E-state index contributed by atoms with van der Waals surface area (Å²) in [5.41, 5.74) is 2.40. The van der Waals surface area contributed by atoms with Gasteiger partial charge in [0.05, 0.1) is 25.5 Å². The number of carbonyl (C=O) groups is 1. The fourth-order valence-electron chi connectivity index (χ4n) is 4.06. The molecular weight excluding hydrogens is 403 g/mol. The van der Waals surface area contributed by atoms with Gasteiger partial charge in [0, 0.05) is 44.9 Å². The molecule has 0 radical (unpaired) electrons. The van der Waals surface area contributed by atoms with Gasteiger partial charge in [0.25, 0.3) is 0 Å². The number of aromatic nitrogens is 3. The molecule has 1 fully saturated rings. The van der Waals surface area contributed by atoms with Crippen molar-refractivity contribution in [2.45, 2.75) is 44.7 Å². The van der Waals surface area contributed by atoms with Gasteiger partial charge in [-0.1, -0.05) is 23.4 Å². The van der Waals surface area contributed by atoms with Crippen molar-refractivity contribution in [2.24, 2.45) is 0 Å². The van der Waals surface area contributed by atoms with Gasteiger partial charge in [0.2, 0.25) is 0 Å². The van der Waals surface area contributed by atoms with Crippen LogP contribution in [0.2, 0.25) is 0 Å². The van der Waals surface area contributed by atoms with Crippen molar-refractivity contribution >= 4 is 6.03 Å². The third-order valence-electron chi connectivity index (χ3n) is 5.82. The van der Waals surface area contributed by atoms with E-state index in [-0.39, 0.29) is 24.0 Å². The Kier molecular flexibility index (Phi) is 7.10. The second-order valence-corrected chi connectivity index (χ2v) is 7.93. The fraction of sp³-hybridized carbons (Fsp3) is 0.571. The van der Waals surface area contributed by atoms with Crippen LogP contribution in [0.1, 0.15) is 35.9 Å². The number of carbonyl (C=O) groups excluding carboxylic acids is 1. The molecule has 1 aromatic carbocycles. The average Bonchev–Trinajstić information content (AvgIpc) is 3.17. The number of ether oxygens (including phenoxy) is 2. The van der Waals surface area contributed by atoms with Gasteiger partial charge in [-0.3, -0.25) is 4.90 Å². The number of halogens is 1. The van der Waals surface area contributed by atoms with E-state index in [4.69, 9.17) is 9.47 Å². The maximum atomic E-state index is 14.1. The van der Waals surface area contributed by atoms with Crippen molar-refractivity contribution in [2.75, 3.05) is 33.4 Å². The number of rotatable bonds is 7. The van der Waals surface area contributed by atoms with E-state index in [0.717, 1.165) is 37.3 Å². The van der Waals surface area contributed by atoms with Crippen LogP contribution in [-0.4, -0.2) is 65.3 Å². The Morgan fingerprint density at radius 3 is 2.90 bits per heavy atom. The molecule has 9 nitrogen and oxygen atoms in total. The number of methoxy groups -OCH3 is 1. The maximum absolute atomic E-state index is 14.1. The second kappa shape index (κ2) is 10.2. The number of benzene rings is 1. The lowest BCUT2D eigenvalue weighted by atomic mass is 10.0. The summed E-state index contributed by atoms with van der Waals surface area (Å²) in [6.45, 7) is 4.24. The zero-order valence-corrected chi connectivity index (χ0v) is 17.7. The van der Waals surface area contributed by atoms with Crippen LogP contribution < -0.4 is 10.6 Å². The number of amides is 2. The van der Waals surface area contributed by atoms with Crippen LogP contribution in [0.3, 0.4) is 0 Å². The minimum Gasteiger partial charge on any atom is -0.383 e. The van der Waals surface area contributed by atoms with Gasteiger partial charge < -0.3 is 20.1 Å². The molecule has 2 aliphatic heterocycles. The quantitative estimate of drug-likeness (QED) is 0.646. The highest BCUT2D eigenvalue weighted by Crippen LogP contribution is 2.29. The lowest BCUT2D eigenvalue weighted by molar-refractivity contribution is -0.00414. The van der Waals surface area contributed by atoms with Crippen molar-refractivity contribution in [3.05, 3.63) is 47.0 Å². The molecule has 0 bridgehead atoms. The Bertz CT molecular complexity index is 884. The molecule has 10 heteroatoms. The Morgan fingerprint density at radius 1 is 1.32 bits per heavy atom. The summed E-state index contributed by atoms with van der Waals surface area (Å²) in [5, 5.41) is 14.4. The van der Waals surface area contributed by atoms with E-state index in [9.17, 15) is 9.18 Å². The molecule has 1 saturated heterocycles. The summed E-state index contributed by atoms with van der Waals surface area (Å²) in [6, 6.07) is 6.70. The van der Waals surface area contributed by atoms with E-state index in [0.29, 0.717) is 38.4 Å². The lowest BCUT2D eigenvalue weighted by Crippen LogP contribution is -2.48. The monoisotopic (exact) mass is 432 g/mol. The highest BCUT2D eigenvalue weighted by Gasteiger charge is 2.28. The van der Waals surface area contributed by atoms with Gasteiger partial charge in [-0.25, -0.2) is 13.9 Å². The van der Waals surface area contributed by atoms with Crippen molar-refractivity contribution in [3.63, 3.8) is 0 Å². The first-order valence-electron chi connectivity index (χ1n) is 10.7. The minimum atomic E-state index is -0.361. The topological polar surface area (TPSA) is 93.5 Å². The Hall–Kier alpha value is -2.56. The van der Waals surface area contributed by atoms with Gasteiger partial charge in [0.15, 0.2) is 0 Å². The minimum absolute atomic E-state index is 0.149. The van der Waals surface area contributed by atoms with Crippen molar-refractivity contribution < 1.29 is 18.7 Å². The van der Waals surface area contributed by atoms with Crippen LogP contribution >= 0.6 is 0 Å². The van der Waals surface area contributed by atoms with Gasteiger partial charge in [0.1, 0.15) is 17.6 Å². The van der Waals surface area contributed by atoms with Crippen LogP contribution in [0.4, 0.5) is 9.18 Å². The molecule has 4 rings (SSSR count). The number of hydrogen-bond acceptors (Lipinski definition) is 6. The van der Waals surface area contributed by atoms with Crippen LogP contribution in [0.5, 0.6) is 0 Å². The Balaban J connectivity index is 1.27. The smallest absolute Gasteiger partial charge is 0.315 e. The molecule has 1 atom stereocenters. The van der Waals surface area contributed by atoms with Crippen molar-refractivity contribution in [1.29, 1.82) is 0 Å². The second-order valence-electron chi connectivity index (χ2n) is 7.93. The first-order chi connectivity index (χ1) is 15.1. The third-order valence-corrected chi connectivity index (χ3v) is 5.82.